The van der Waals surface area contributed by atoms with E-state index in [2.05, 4.69) is 13.8 Å². The van der Waals surface area contributed by atoms with Gasteiger partial charge in [-0.1, -0.05) is 142 Å². The molecule has 0 aliphatic carbocycles. The smallest absolute Gasteiger partial charge is 0.306 e. The van der Waals surface area contributed by atoms with Crippen molar-refractivity contribution in [3.63, 3.8) is 0 Å². The van der Waals surface area contributed by atoms with E-state index in [0.717, 1.165) is 38.5 Å². The lowest BCUT2D eigenvalue weighted by Crippen LogP contribution is -2.33. The number of unbranched alkanes of at least 4 members (excludes halogenated alkanes) is 20. The number of aliphatic carboxylic acids is 1. The monoisotopic (exact) mass is 616 g/mol. The van der Waals surface area contributed by atoms with Crippen molar-refractivity contribution < 1.29 is 39.1 Å². The van der Waals surface area contributed by atoms with E-state index in [-0.39, 0.29) is 26.1 Å². The van der Waals surface area contributed by atoms with Crippen LogP contribution in [0.25, 0.3) is 0 Å². The second kappa shape index (κ2) is 32.2. The van der Waals surface area contributed by atoms with Crippen molar-refractivity contribution >= 4 is 11.9 Å². The van der Waals surface area contributed by atoms with Gasteiger partial charge in [-0.05, 0) is 25.7 Å². The normalized spacial score (nSPS) is 13.6. The third kappa shape index (κ3) is 32.0. The minimum Gasteiger partial charge on any atom is -0.481 e. The van der Waals surface area contributed by atoms with Gasteiger partial charge in [-0.2, -0.15) is 0 Å². The number of hydrogen-bond donors (Lipinski definition) is 3. The van der Waals surface area contributed by atoms with Crippen LogP contribution in [0.2, 0.25) is 0 Å². The van der Waals surface area contributed by atoms with Crippen molar-refractivity contribution in [2.45, 2.75) is 199 Å². The number of esters is 1. The Morgan fingerprint density at radius 1 is 0.535 bits per heavy atom. The molecule has 0 aliphatic heterocycles. The van der Waals surface area contributed by atoms with Gasteiger partial charge in [0, 0.05) is 0 Å². The minimum absolute atomic E-state index is 0.0271. The van der Waals surface area contributed by atoms with Gasteiger partial charge in [-0.25, -0.2) is 0 Å². The summed E-state index contributed by atoms with van der Waals surface area (Å²) in [6.07, 6.45) is 24.7. The summed E-state index contributed by atoms with van der Waals surface area (Å²) >= 11 is 0. The van der Waals surface area contributed by atoms with Crippen LogP contribution in [0.15, 0.2) is 0 Å². The van der Waals surface area contributed by atoms with E-state index in [0.29, 0.717) is 12.8 Å². The van der Waals surface area contributed by atoms with Crippen molar-refractivity contribution in [2.75, 3.05) is 13.2 Å². The fourth-order valence-corrected chi connectivity index (χ4v) is 5.15. The highest BCUT2D eigenvalue weighted by molar-refractivity contribution is 5.76. The maximum atomic E-state index is 11.9. The SMILES string of the molecule is CCCCCCCCCCCCCC(O)OCC(COC(=O)CCC(=O)O)OC(O)CCCCCCCCCCCCC. The average molecular weight is 617 g/mol. The number of carbonyl (C=O) groups excluding carboxylic acids is 1. The number of aliphatic hydroxyl groups is 2. The Morgan fingerprint density at radius 3 is 1.35 bits per heavy atom. The maximum Gasteiger partial charge on any atom is 0.306 e. The van der Waals surface area contributed by atoms with E-state index < -0.39 is 30.6 Å². The molecular formula is C35H68O8. The molecule has 43 heavy (non-hydrogen) atoms. The van der Waals surface area contributed by atoms with Crippen molar-refractivity contribution in [2.24, 2.45) is 0 Å². The summed E-state index contributed by atoms with van der Waals surface area (Å²) in [5.74, 6) is -1.71. The van der Waals surface area contributed by atoms with Crippen LogP contribution in [0.5, 0.6) is 0 Å². The first-order valence-electron chi connectivity index (χ1n) is 17.9. The van der Waals surface area contributed by atoms with Gasteiger partial charge < -0.3 is 29.5 Å². The van der Waals surface area contributed by atoms with Crippen LogP contribution in [0.3, 0.4) is 0 Å². The minimum atomic E-state index is -1.07. The predicted octanol–water partition coefficient (Wildman–Crippen LogP) is 8.84. The zero-order valence-corrected chi connectivity index (χ0v) is 27.9. The molecule has 0 amide bonds. The van der Waals surface area contributed by atoms with E-state index in [4.69, 9.17) is 19.3 Å². The summed E-state index contributed by atoms with van der Waals surface area (Å²) in [5, 5.41) is 29.5. The van der Waals surface area contributed by atoms with Crippen molar-refractivity contribution in [1.82, 2.24) is 0 Å². The van der Waals surface area contributed by atoms with Gasteiger partial charge in [0.15, 0.2) is 12.6 Å². The molecule has 3 N–H and O–H groups in total. The predicted molar refractivity (Wildman–Crippen MR) is 173 cm³/mol. The fraction of sp³-hybridized carbons (Fsp3) is 0.943. The summed E-state index contributed by atoms with van der Waals surface area (Å²) in [7, 11) is 0. The van der Waals surface area contributed by atoms with Gasteiger partial charge in [0.1, 0.15) is 12.7 Å². The molecule has 0 aliphatic rings. The Kier molecular flexibility index (Phi) is 31.3. The standard InChI is InChI=1S/C35H68O8/c1-3-5-7-9-11-13-15-17-19-21-23-25-33(38)41-29-31(30-42-34(39)28-27-32(36)37)43-35(40)26-24-22-20-18-16-14-12-10-8-6-4-2/h31,33,35,38,40H,3-30H2,1-2H3,(H,36,37). The van der Waals surface area contributed by atoms with Crippen LogP contribution in [-0.2, 0) is 23.8 Å². The molecule has 0 saturated heterocycles. The first kappa shape index (κ1) is 41.8. The van der Waals surface area contributed by atoms with E-state index in [9.17, 15) is 19.8 Å². The van der Waals surface area contributed by atoms with Gasteiger partial charge in [-0.15, -0.1) is 0 Å². The third-order valence-electron chi connectivity index (χ3n) is 7.91. The van der Waals surface area contributed by atoms with Crippen molar-refractivity contribution in [3.8, 4) is 0 Å². The van der Waals surface area contributed by atoms with Crippen LogP contribution in [0, 0.1) is 0 Å². The molecule has 8 nitrogen and oxygen atoms in total. The molecule has 0 spiro atoms. The van der Waals surface area contributed by atoms with Crippen LogP contribution in [0.4, 0.5) is 0 Å². The molecule has 3 atom stereocenters. The molecule has 0 saturated carbocycles. The second-order valence-electron chi connectivity index (χ2n) is 12.2. The van der Waals surface area contributed by atoms with Gasteiger partial charge in [-0.3, -0.25) is 9.59 Å². The summed E-state index contributed by atoms with van der Waals surface area (Å²) in [6, 6.07) is 0. The molecule has 0 bridgehead atoms. The Bertz CT molecular complexity index is 615. The molecular weight excluding hydrogens is 548 g/mol. The molecule has 0 aromatic heterocycles. The third-order valence-corrected chi connectivity index (χ3v) is 7.91. The molecule has 0 fully saturated rings. The van der Waals surface area contributed by atoms with Gasteiger partial charge >= 0.3 is 11.9 Å². The largest absolute Gasteiger partial charge is 0.481 e. The highest BCUT2D eigenvalue weighted by atomic mass is 16.7. The summed E-state index contributed by atoms with van der Waals surface area (Å²) in [6.45, 7) is 4.28. The summed E-state index contributed by atoms with van der Waals surface area (Å²) in [5.41, 5.74) is 0. The number of rotatable bonds is 34. The van der Waals surface area contributed by atoms with E-state index in [1.54, 1.807) is 0 Å². The van der Waals surface area contributed by atoms with Crippen LogP contribution >= 0.6 is 0 Å². The number of hydrogen-bond acceptors (Lipinski definition) is 7. The Labute approximate surface area is 263 Å². The number of carboxylic acids is 1. The number of aliphatic hydroxyl groups excluding tert-OH is 2. The van der Waals surface area contributed by atoms with Gasteiger partial charge in [0.05, 0.1) is 19.4 Å². The molecule has 0 heterocycles. The zero-order valence-electron chi connectivity index (χ0n) is 27.9. The second-order valence-corrected chi connectivity index (χ2v) is 12.2. The first-order chi connectivity index (χ1) is 20.9. The number of carboxylic acid groups (broad SMARTS) is 1. The molecule has 256 valence electrons. The molecule has 8 heteroatoms. The molecule has 0 aromatic rings. The van der Waals surface area contributed by atoms with Gasteiger partial charge in [0.2, 0.25) is 0 Å². The van der Waals surface area contributed by atoms with Crippen molar-refractivity contribution in [3.05, 3.63) is 0 Å². The van der Waals surface area contributed by atoms with Crippen molar-refractivity contribution in [1.29, 1.82) is 0 Å². The Morgan fingerprint density at radius 2 is 0.930 bits per heavy atom. The Balaban J connectivity index is 4.19. The van der Waals surface area contributed by atoms with Gasteiger partial charge in [0.25, 0.3) is 0 Å². The van der Waals surface area contributed by atoms with E-state index >= 15 is 0 Å². The van der Waals surface area contributed by atoms with Crippen LogP contribution in [-0.4, -0.2) is 59.2 Å². The quantitative estimate of drug-likeness (QED) is 0.0372. The summed E-state index contributed by atoms with van der Waals surface area (Å²) < 4.78 is 16.5. The molecule has 0 radical (unpaired) electrons. The van der Waals surface area contributed by atoms with Crippen LogP contribution in [0.1, 0.15) is 181 Å². The average Bonchev–Trinajstić information content (AvgIpc) is 2.98. The topological polar surface area (TPSA) is 123 Å². The zero-order chi connectivity index (χ0) is 31.8. The highest BCUT2D eigenvalue weighted by Gasteiger charge is 2.19. The molecule has 0 aromatic carbocycles. The Hall–Kier alpha value is -1.22. The maximum absolute atomic E-state index is 11.9. The lowest BCUT2D eigenvalue weighted by molar-refractivity contribution is -0.197. The molecule has 0 rings (SSSR count). The fourth-order valence-electron chi connectivity index (χ4n) is 5.15. The number of ether oxygens (including phenoxy) is 3. The first-order valence-corrected chi connectivity index (χ1v) is 17.9. The number of carbonyl (C=O) groups is 2. The molecule has 3 unspecified atom stereocenters. The van der Waals surface area contributed by atoms with E-state index in [1.807, 2.05) is 0 Å². The lowest BCUT2D eigenvalue weighted by atomic mass is 10.1. The van der Waals surface area contributed by atoms with E-state index in [1.165, 1.54) is 103 Å². The highest BCUT2D eigenvalue weighted by Crippen LogP contribution is 2.15. The lowest BCUT2D eigenvalue weighted by Gasteiger charge is -2.23. The van der Waals surface area contributed by atoms with Crippen LogP contribution < -0.4 is 0 Å². The summed E-state index contributed by atoms with van der Waals surface area (Å²) in [4.78, 5) is 22.6.